The van der Waals surface area contributed by atoms with E-state index in [0.717, 1.165) is 11.6 Å². The lowest BCUT2D eigenvalue weighted by Gasteiger charge is -2.41. The molecule has 2 aliphatic heterocycles. The molecule has 2 aromatic rings. The molecule has 9 heteroatoms. The van der Waals surface area contributed by atoms with Crippen LogP contribution in [0.15, 0.2) is 24.4 Å². The molecule has 3 heterocycles. The van der Waals surface area contributed by atoms with Gasteiger partial charge in [0.25, 0.3) is 5.91 Å². The van der Waals surface area contributed by atoms with Crippen LogP contribution >= 0.6 is 0 Å². The molecular formula is C25H30F2N4O3. The van der Waals surface area contributed by atoms with Crippen LogP contribution in [-0.4, -0.2) is 53.2 Å². The molecular weight excluding hydrogens is 442 g/mol. The minimum Gasteiger partial charge on any atom is -0.444 e. The van der Waals surface area contributed by atoms with Crippen molar-refractivity contribution >= 4 is 17.8 Å². The molecule has 1 atom stereocenters. The maximum absolute atomic E-state index is 14.9. The predicted octanol–water partition coefficient (Wildman–Crippen LogP) is 4.00. The summed E-state index contributed by atoms with van der Waals surface area (Å²) in [4.78, 5) is 31.0. The maximum Gasteiger partial charge on any atom is 0.410 e. The van der Waals surface area contributed by atoms with Crippen molar-refractivity contribution in [2.75, 3.05) is 25.0 Å². The number of nitrogens with zero attached hydrogens (tertiary/aromatic N) is 2. The number of fused-ring (bicyclic) bond motifs is 1. The van der Waals surface area contributed by atoms with Gasteiger partial charge < -0.3 is 20.3 Å². The summed E-state index contributed by atoms with van der Waals surface area (Å²) in [6, 6.07) is 4.06. The molecule has 0 spiro atoms. The van der Waals surface area contributed by atoms with Crippen LogP contribution in [0.3, 0.4) is 0 Å². The standard InChI is InChI=1S/C25H30F2N4O3/c1-6-15-19-16(22(32)29-13-25(19,5)17-8-7-9-18(26)20(17)27)10-28-21(15)30-14-11-31(12-14)23(33)34-24(2,3)4/h7-10,14H,6,11-13H2,1-5H3,(H,28,30)(H,29,32). The molecule has 1 saturated heterocycles. The topological polar surface area (TPSA) is 83.6 Å². The van der Waals surface area contributed by atoms with Crippen molar-refractivity contribution in [1.29, 1.82) is 0 Å². The Morgan fingerprint density at radius 1 is 1.32 bits per heavy atom. The minimum atomic E-state index is -0.984. The van der Waals surface area contributed by atoms with Crippen LogP contribution in [0.4, 0.5) is 19.4 Å². The Morgan fingerprint density at radius 2 is 2.03 bits per heavy atom. The van der Waals surface area contributed by atoms with Crippen LogP contribution in [0.5, 0.6) is 0 Å². The first kappa shape index (κ1) is 23.9. The van der Waals surface area contributed by atoms with Gasteiger partial charge in [-0.15, -0.1) is 0 Å². The van der Waals surface area contributed by atoms with E-state index < -0.39 is 22.7 Å². The van der Waals surface area contributed by atoms with Gasteiger partial charge in [0.05, 0.1) is 11.6 Å². The predicted molar refractivity (Wildman–Crippen MR) is 124 cm³/mol. The largest absolute Gasteiger partial charge is 0.444 e. The van der Waals surface area contributed by atoms with E-state index in [1.165, 1.54) is 12.3 Å². The number of hydrogen-bond donors (Lipinski definition) is 2. The van der Waals surface area contributed by atoms with Crippen molar-refractivity contribution < 1.29 is 23.1 Å². The van der Waals surface area contributed by atoms with Crippen LogP contribution in [0.2, 0.25) is 0 Å². The van der Waals surface area contributed by atoms with Crippen molar-refractivity contribution in [2.45, 2.75) is 58.1 Å². The van der Waals surface area contributed by atoms with Crippen molar-refractivity contribution in [3.05, 3.63) is 58.3 Å². The molecule has 0 saturated carbocycles. The molecule has 0 aliphatic carbocycles. The van der Waals surface area contributed by atoms with Gasteiger partial charge in [0.15, 0.2) is 11.6 Å². The Hall–Kier alpha value is -3.23. The first-order valence-corrected chi connectivity index (χ1v) is 11.4. The van der Waals surface area contributed by atoms with Crippen LogP contribution in [0.1, 0.15) is 61.7 Å². The second kappa shape index (κ2) is 8.52. The SMILES string of the molecule is CCc1c(NC2CN(C(=O)OC(C)(C)C)C2)ncc2c1C(C)(c1cccc(F)c1F)CNC2=O. The number of amides is 2. The second-order valence-corrected chi connectivity index (χ2v) is 10.1. The number of carbonyl (C=O) groups excluding carboxylic acids is 2. The van der Waals surface area contributed by atoms with Gasteiger partial charge in [-0.05, 0) is 51.3 Å². The summed E-state index contributed by atoms with van der Waals surface area (Å²) in [5.74, 6) is -1.57. The first-order valence-electron chi connectivity index (χ1n) is 11.4. The summed E-state index contributed by atoms with van der Waals surface area (Å²) in [6.07, 6.45) is 1.64. The van der Waals surface area contributed by atoms with Crippen LogP contribution in [-0.2, 0) is 16.6 Å². The van der Waals surface area contributed by atoms with E-state index in [9.17, 15) is 18.4 Å². The Kier molecular flexibility index (Phi) is 5.99. The minimum absolute atomic E-state index is 0.0436. The molecule has 0 bridgehead atoms. The normalized spacial score (nSPS) is 20.3. The van der Waals surface area contributed by atoms with E-state index in [1.807, 2.05) is 27.7 Å². The monoisotopic (exact) mass is 472 g/mol. The summed E-state index contributed by atoms with van der Waals surface area (Å²) in [6.45, 7) is 10.2. The number of ether oxygens (including phenoxy) is 1. The Labute approximate surface area is 197 Å². The van der Waals surface area contributed by atoms with Gasteiger partial charge in [0.1, 0.15) is 11.4 Å². The molecule has 1 unspecified atom stereocenters. The van der Waals surface area contributed by atoms with Crippen molar-refractivity contribution in [1.82, 2.24) is 15.2 Å². The van der Waals surface area contributed by atoms with Crippen LogP contribution in [0, 0.1) is 11.6 Å². The molecule has 1 aromatic heterocycles. The van der Waals surface area contributed by atoms with Gasteiger partial charge in [-0.3, -0.25) is 4.79 Å². The summed E-state index contributed by atoms with van der Waals surface area (Å²) in [7, 11) is 0. The molecule has 1 fully saturated rings. The number of nitrogens with one attached hydrogen (secondary N) is 2. The smallest absolute Gasteiger partial charge is 0.410 e. The molecule has 182 valence electrons. The number of halogens is 2. The van der Waals surface area contributed by atoms with Gasteiger partial charge >= 0.3 is 6.09 Å². The number of benzene rings is 1. The highest BCUT2D eigenvalue weighted by Gasteiger charge is 2.42. The fraction of sp³-hybridized carbons (Fsp3) is 0.480. The lowest BCUT2D eigenvalue weighted by Crippen LogP contribution is -2.58. The fourth-order valence-corrected chi connectivity index (χ4v) is 4.66. The number of aromatic nitrogens is 1. The van der Waals surface area contributed by atoms with E-state index in [4.69, 9.17) is 4.74 Å². The first-order chi connectivity index (χ1) is 15.9. The zero-order chi connectivity index (χ0) is 24.8. The summed E-state index contributed by atoms with van der Waals surface area (Å²) in [5, 5.41) is 6.16. The highest BCUT2D eigenvalue weighted by atomic mass is 19.2. The molecule has 7 nitrogen and oxygen atoms in total. The van der Waals surface area contributed by atoms with E-state index in [1.54, 1.807) is 17.9 Å². The number of anilines is 1. The van der Waals surface area contributed by atoms with E-state index in [0.29, 0.717) is 36.5 Å². The van der Waals surface area contributed by atoms with Gasteiger partial charge in [0.2, 0.25) is 0 Å². The number of rotatable bonds is 4. The zero-order valence-corrected chi connectivity index (χ0v) is 20.1. The van der Waals surface area contributed by atoms with Crippen LogP contribution in [0.25, 0.3) is 0 Å². The third-order valence-corrected chi connectivity index (χ3v) is 6.35. The second-order valence-electron chi connectivity index (χ2n) is 10.1. The van der Waals surface area contributed by atoms with E-state index in [-0.39, 0.29) is 30.2 Å². The highest BCUT2D eigenvalue weighted by Crippen LogP contribution is 2.42. The molecule has 4 rings (SSSR count). The third kappa shape index (κ3) is 4.19. The molecule has 2 N–H and O–H groups in total. The van der Waals surface area contributed by atoms with Gasteiger partial charge in [-0.25, -0.2) is 18.6 Å². The van der Waals surface area contributed by atoms with Crippen LogP contribution < -0.4 is 10.6 Å². The van der Waals surface area contributed by atoms with Crippen molar-refractivity contribution in [3.8, 4) is 0 Å². The highest BCUT2D eigenvalue weighted by molar-refractivity contribution is 5.98. The van der Waals surface area contributed by atoms with E-state index in [2.05, 4.69) is 15.6 Å². The lowest BCUT2D eigenvalue weighted by atomic mass is 9.70. The fourth-order valence-electron chi connectivity index (χ4n) is 4.66. The molecule has 1 aromatic carbocycles. The number of pyridine rings is 1. The summed E-state index contributed by atoms with van der Waals surface area (Å²) >= 11 is 0. The molecule has 0 radical (unpaired) electrons. The Morgan fingerprint density at radius 3 is 2.68 bits per heavy atom. The lowest BCUT2D eigenvalue weighted by molar-refractivity contribution is 0.0104. The van der Waals surface area contributed by atoms with Gasteiger partial charge in [-0.1, -0.05) is 19.1 Å². The zero-order valence-electron chi connectivity index (χ0n) is 20.1. The quantitative estimate of drug-likeness (QED) is 0.703. The molecule has 2 aliphatic rings. The average molecular weight is 473 g/mol. The average Bonchev–Trinajstić information content (AvgIpc) is 2.73. The number of likely N-dealkylation sites (tertiary alicyclic amines) is 1. The van der Waals surface area contributed by atoms with Gasteiger partial charge in [0, 0.05) is 36.8 Å². The van der Waals surface area contributed by atoms with E-state index >= 15 is 0 Å². The van der Waals surface area contributed by atoms with Crippen molar-refractivity contribution in [3.63, 3.8) is 0 Å². The van der Waals surface area contributed by atoms with Gasteiger partial charge in [-0.2, -0.15) is 0 Å². The van der Waals surface area contributed by atoms with Crippen molar-refractivity contribution in [2.24, 2.45) is 0 Å². The maximum atomic E-state index is 14.9. The number of carbonyl (C=O) groups is 2. The Balaban J connectivity index is 1.66. The molecule has 2 amide bonds. The third-order valence-electron chi connectivity index (χ3n) is 6.35. The number of hydrogen-bond acceptors (Lipinski definition) is 5. The summed E-state index contributed by atoms with van der Waals surface area (Å²) < 4.78 is 34.4. The summed E-state index contributed by atoms with van der Waals surface area (Å²) in [5.41, 5.74) is 0.396. The molecule has 34 heavy (non-hydrogen) atoms. The Bertz CT molecular complexity index is 1140.